The van der Waals surface area contributed by atoms with Crippen LogP contribution < -0.4 is 15.5 Å². The van der Waals surface area contributed by atoms with Crippen molar-refractivity contribution in [2.75, 3.05) is 44.3 Å². The molecule has 2 unspecified atom stereocenters. The number of hydrogen-bond donors (Lipinski definition) is 3. The van der Waals surface area contributed by atoms with E-state index in [1.54, 1.807) is 12.1 Å². The molecule has 28 heavy (non-hydrogen) atoms. The summed E-state index contributed by atoms with van der Waals surface area (Å²) in [5, 5.41) is 16.8. The van der Waals surface area contributed by atoms with E-state index < -0.39 is 6.10 Å². The van der Waals surface area contributed by atoms with E-state index in [1.807, 2.05) is 13.0 Å². The van der Waals surface area contributed by atoms with Gasteiger partial charge in [0.05, 0.1) is 19.3 Å². The molecule has 3 N–H and O–H groups in total. The molecule has 1 aliphatic rings. The lowest BCUT2D eigenvalue weighted by atomic mass is 10.0. The second kappa shape index (κ2) is 11.9. The van der Waals surface area contributed by atoms with Crippen LogP contribution in [0.4, 0.5) is 10.1 Å². The molecule has 1 aliphatic heterocycles. The summed E-state index contributed by atoms with van der Waals surface area (Å²) < 4.78 is 19.0. The number of aliphatic imine (C=N–C) groups is 1. The summed E-state index contributed by atoms with van der Waals surface area (Å²) in [6.45, 7) is 9.83. The molecule has 0 saturated carbocycles. The first-order chi connectivity index (χ1) is 13.5. The molecule has 0 bridgehead atoms. The van der Waals surface area contributed by atoms with Gasteiger partial charge in [0.1, 0.15) is 5.82 Å². The number of rotatable bonds is 9. The molecular weight excluding hydrogens is 359 g/mol. The van der Waals surface area contributed by atoms with Crippen molar-refractivity contribution in [1.82, 2.24) is 10.6 Å². The third-order valence-electron chi connectivity index (χ3n) is 4.50. The van der Waals surface area contributed by atoms with Crippen LogP contribution in [0.15, 0.2) is 29.3 Å². The molecular formula is C21H35FN4O2. The van der Waals surface area contributed by atoms with Gasteiger partial charge in [0.2, 0.25) is 0 Å². The first kappa shape index (κ1) is 22.4. The Bertz CT molecular complexity index is 612. The Kier molecular flexibility index (Phi) is 9.50. The van der Waals surface area contributed by atoms with Gasteiger partial charge in [0, 0.05) is 38.0 Å². The van der Waals surface area contributed by atoms with Gasteiger partial charge in [0.25, 0.3) is 0 Å². The molecule has 0 aromatic heterocycles. The highest BCUT2D eigenvalue weighted by atomic mass is 19.1. The number of guanidine groups is 1. The fourth-order valence-electron chi connectivity index (χ4n) is 3.20. The minimum Gasteiger partial charge on any atom is -0.389 e. The van der Waals surface area contributed by atoms with E-state index in [4.69, 9.17) is 4.74 Å². The average Bonchev–Trinajstić information content (AvgIpc) is 2.66. The highest BCUT2D eigenvalue weighted by molar-refractivity contribution is 5.80. The van der Waals surface area contributed by atoms with Crippen LogP contribution in [0.1, 0.15) is 33.6 Å². The molecule has 0 amide bonds. The normalized spacial score (nSPS) is 19.0. The first-order valence-corrected chi connectivity index (χ1v) is 10.3. The molecule has 1 saturated heterocycles. The van der Waals surface area contributed by atoms with Crippen molar-refractivity contribution < 1.29 is 14.2 Å². The van der Waals surface area contributed by atoms with Gasteiger partial charge < -0.3 is 25.4 Å². The molecule has 0 aliphatic carbocycles. The second-order valence-corrected chi connectivity index (χ2v) is 7.71. The van der Waals surface area contributed by atoms with E-state index in [9.17, 15) is 9.50 Å². The fraction of sp³-hybridized carbons (Fsp3) is 0.667. The molecule has 1 fully saturated rings. The highest BCUT2D eigenvalue weighted by Gasteiger charge is 2.21. The third kappa shape index (κ3) is 8.02. The van der Waals surface area contributed by atoms with Crippen LogP contribution in [0.2, 0.25) is 0 Å². The maximum absolute atomic E-state index is 13.5. The summed E-state index contributed by atoms with van der Waals surface area (Å²) in [5.74, 6) is 0.926. The number of aliphatic hydroxyl groups excluding tert-OH is 1. The number of anilines is 1. The Labute approximate surface area is 168 Å². The van der Waals surface area contributed by atoms with Crippen LogP contribution in [0, 0.1) is 11.7 Å². The van der Waals surface area contributed by atoms with E-state index in [0.29, 0.717) is 18.5 Å². The molecule has 0 radical (unpaired) electrons. The fourth-order valence-corrected chi connectivity index (χ4v) is 3.20. The van der Waals surface area contributed by atoms with Gasteiger partial charge in [-0.25, -0.2) is 4.39 Å². The highest BCUT2D eigenvalue weighted by Crippen LogP contribution is 2.20. The predicted octanol–water partition coefficient (Wildman–Crippen LogP) is 2.38. The van der Waals surface area contributed by atoms with Crippen LogP contribution in [-0.4, -0.2) is 62.6 Å². The number of nitrogens with zero attached hydrogens (tertiary/aromatic N) is 2. The van der Waals surface area contributed by atoms with Gasteiger partial charge in [0.15, 0.2) is 5.96 Å². The van der Waals surface area contributed by atoms with Gasteiger partial charge in [-0.3, -0.25) is 4.99 Å². The van der Waals surface area contributed by atoms with Crippen molar-refractivity contribution in [2.45, 2.75) is 45.8 Å². The minimum atomic E-state index is -0.621. The smallest absolute Gasteiger partial charge is 0.191 e. The number of hydrogen-bond acceptors (Lipinski definition) is 4. The molecule has 1 aromatic carbocycles. The molecule has 158 valence electrons. The van der Waals surface area contributed by atoms with Crippen molar-refractivity contribution in [2.24, 2.45) is 10.9 Å². The Morgan fingerprint density at radius 3 is 2.93 bits per heavy atom. The van der Waals surface area contributed by atoms with E-state index in [-0.39, 0.29) is 25.0 Å². The summed E-state index contributed by atoms with van der Waals surface area (Å²) in [7, 11) is 0. The number of nitrogens with one attached hydrogen (secondary N) is 2. The summed E-state index contributed by atoms with van der Waals surface area (Å²) in [6, 6.07) is 6.95. The van der Waals surface area contributed by atoms with E-state index in [0.717, 1.165) is 38.2 Å². The zero-order chi connectivity index (χ0) is 20.4. The van der Waals surface area contributed by atoms with Gasteiger partial charge >= 0.3 is 0 Å². The summed E-state index contributed by atoms with van der Waals surface area (Å²) in [4.78, 5) is 6.70. The van der Waals surface area contributed by atoms with Crippen LogP contribution >= 0.6 is 0 Å². The molecule has 2 atom stereocenters. The number of halogens is 1. The molecule has 2 rings (SSSR count). The Balaban J connectivity index is 1.87. The summed E-state index contributed by atoms with van der Waals surface area (Å²) in [5.41, 5.74) is 0.908. The van der Waals surface area contributed by atoms with Crippen molar-refractivity contribution in [3.05, 3.63) is 30.1 Å². The maximum atomic E-state index is 13.5. The second-order valence-electron chi connectivity index (χ2n) is 7.71. The number of ether oxygens (including phenoxy) is 1. The zero-order valence-electron chi connectivity index (χ0n) is 17.3. The third-order valence-corrected chi connectivity index (χ3v) is 4.50. The van der Waals surface area contributed by atoms with Crippen LogP contribution in [0.5, 0.6) is 0 Å². The van der Waals surface area contributed by atoms with Gasteiger partial charge in [-0.2, -0.15) is 0 Å². The molecule has 6 nitrogen and oxygen atoms in total. The minimum absolute atomic E-state index is 0.212. The molecule has 0 spiro atoms. The topological polar surface area (TPSA) is 69.1 Å². The largest absolute Gasteiger partial charge is 0.389 e. The average molecular weight is 395 g/mol. The monoisotopic (exact) mass is 394 g/mol. The van der Waals surface area contributed by atoms with E-state index in [2.05, 4.69) is 34.4 Å². The standard InChI is InChI=1S/C21H35FN4O2/c1-4-23-21(24-12-20(27)15-28-14-16(2)3)25-18-8-6-10-26(13-18)19-9-5-7-17(22)11-19/h5,7,9,11,16,18,20,27H,4,6,8,10,12-15H2,1-3H3,(H2,23,24,25). The summed E-state index contributed by atoms with van der Waals surface area (Å²) >= 11 is 0. The number of piperidine rings is 1. The Morgan fingerprint density at radius 1 is 1.39 bits per heavy atom. The maximum Gasteiger partial charge on any atom is 0.191 e. The quantitative estimate of drug-likeness (QED) is 0.443. The molecule has 1 aromatic rings. The van der Waals surface area contributed by atoms with Crippen molar-refractivity contribution in [3.8, 4) is 0 Å². The van der Waals surface area contributed by atoms with Crippen LogP contribution in [0.3, 0.4) is 0 Å². The van der Waals surface area contributed by atoms with Crippen LogP contribution in [-0.2, 0) is 4.74 Å². The van der Waals surface area contributed by atoms with Crippen molar-refractivity contribution in [1.29, 1.82) is 0 Å². The Morgan fingerprint density at radius 2 is 2.21 bits per heavy atom. The Hall–Kier alpha value is -1.86. The first-order valence-electron chi connectivity index (χ1n) is 10.3. The molecule has 1 heterocycles. The van der Waals surface area contributed by atoms with E-state index in [1.165, 1.54) is 6.07 Å². The lowest BCUT2D eigenvalue weighted by molar-refractivity contribution is 0.0301. The number of benzene rings is 1. The van der Waals surface area contributed by atoms with Gasteiger partial charge in [-0.15, -0.1) is 0 Å². The van der Waals surface area contributed by atoms with Crippen molar-refractivity contribution >= 4 is 11.6 Å². The SMILES string of the molecule is CCNC(=NCC(O)COCC(C)C)NC1CCCN(c2cccc(F)c2)C1. The lowest BCUT2D eigenvalue weighted by Gasteiger charge is -2.35. The van der Waals surface area contributed by atoms with Crippen molar-refractivity contribution in [3.63, 3.8) is 0 Å². The van der Waals surface area contributed by atoms with E-state index >= 15 is 0 Å². The van der Waals surface area contributed by atoms with Gasteiger partial charge in [-0.05, 0) is 43.9 Å². The number of aliphatic hydroxyl groups is 1. The van der Waals surface area contributed by atoms with Gasteiger partial charge in [-0.1, -0.05) is 19.9 Å². The lowest BCUT2D eigenvalue weighted by Crippen LogP contribution is -2.51. The van der Waals surface area contributed by atoms with Crippen LogP contribution in [0.25, 0.3) is 0 Å². The molecule has 7 heteroatoms. The predicted molar refractivity (Wildman–Crippen MR) is 112 cm³/mol. The zero-order valence-corrected chi connectivity index (χ0v) is 17.3. The summed E-state index contributed by atoms with van der Waals surface area (Å²) in [6.07, 6.45) is 1.43.